The molecule has 1 heterocycles. The van der Waals surface area contributed by atoms with Crippen LogP contribution in [0.5, 0.6) is 0 Å². The molecule has 0 bridgehead atoms. The van der Waals surface area contributed by atoms with E-state index in [-0.39, 0.29) is 11.9 Å². The maximum Gasteiger partial charge on any atom is 0.124 e. The summed E-state index contributed by atoms with van der Waals surface area (Å²) in [4.78, 5) is 7.63. The van der Waals surface area contributed by atoms with Crippen LogP contribution in [0.15, 0.2) is 42.5 Å². The van der Waals surface area contributed by atoms with Crippen LogP contribution < -0.4 is 5.73 Å². The fourth-order valence-corrected chi connectivity index (χ4v) is 2.32. The van der Waals surface area contributed by atoms with Crippen LogP contribution in [0, 0.1) is 5.82 Å². The number of halogens is 2. The van der Waals surface area contributed by atoms with Gasteiger partial charge in [0.2, 0.25) is 0 Å². The number of nitrogens with two attached hydrogens (primary N) is 1. The second-order valence-electron chi connectivity index (χ2n) is 4.72. The molecule has 0 aliphatic heterocycles. The number of nitrogens with one attached hydrogen (secondary N) is 1. The minimum atomic E-state index is -0.272. The lowest BCUT2D eigenvalue weighted by Crippen LogP contribution is -2.14. The highest BCUT2D eigenvalue weighted by Gasteiger charge is 2.12. The van der Waals surface area contributed by atoms with E-state index < -0.39 is 0 Å². The number of H-pyrrole nitrogens is 1. The minimum absolute atomic E-state index is 0.249. The maximum atomic E-state index is 12.9. The summed E-state index contributed by atoms with van der Waals surface area (Å²) in [6.45, 7) is 0. The van der Waals surface area contributed by atoms with E-state index in [9.17, 15) is 4.39 Å². The second kappa shape index (κ2) is 5.23. The molecule has 0 amide bonds. The predicted molar refractivity (Wildman–Crippen MR) is 78.1 cm³/mol. The van der Waals surface area contributed by atoms with Gasteiger partial charge in [0.15, 0.2) is 0 Å². The number of aromatic amines is 1. The average Bonchev–Trinajstić information content (AvgIpc) is 2.84. The van der Waals surface area contributed by atoms with Crippen molar-refractivity contribution < 1.29 is 4.39 Å². The lowest BCUT2D eigenvalue weighted by molar-refractivity contribution is 0.624. The van der Waals surface area contributed by atoms with Crippen molar-refractivity contribution >= 4 is 22.6 Å². The summed E-state index contributed by atoms with van der Waals surface area (Å²) in [6, 6.07) is 11.5. The Labute approximate surface area is 120 Å². The van der Waals surface area contributed by atoms with Gasteiger partial charge in [0.25, 0.3) is 0 Å². The first-order valence-corrected chi connectivity index (χ1v) is 6.65. The van der Waals surface area contributed by atoms with Crippen molar-refractivity contribution in [2.75, 3.05) is 0 Å². The van der Waals surface area contributed by atoms with Gasteiger partial charge in [-0.1, -0.05) is 23.7 Å². The number of hydrogen-bond acceptors (Lipinski definition) is 2. The number of hydrogen-bond donors (Lipinski definition) is 2. The Kier molecular flexibility index (Phi) is 3.42. The molecule has 3 nitrogen and oxygen atoms in total. The molecule has 0 aliphatic carbocycles. The van der Waals surface area contributed by atoms with E-state index in [1.807, 2.05) is 12.1 Å². The van der Waals surface area contributed by atoms with Crippen molar-refractivity contribution in [1.29, 1.82) is 0 Å². The molecule has 0 fully saturated rings. The Morgan fingerprint density at radius 3 is 2.70 bits per heavy atom. The molecule has 102 valence electrons. The monoisotopic (exact) mass is 289 g/mol. The first kappa shape index (κ1) is 13.1. The van der Waals surface area contributed by atoms with Gasteiger partial charge in [0.1, 0.15) is 11.6 Å². The largest absolute Gasteiger partial charge is 0.341 e. The third-order valence-corrected chi connectivity index (χ3v) is 3.42. The third kappa shape index (κ3) is 2.66. The molecule has 0 saturated heterocycles. The van der Waals surface area contributed by atoms with E-state index in [4.69, 9.17) is 17.3 Å². The maximum absolute atomic E-state index is 12.9. The number of rotatable bonds is 3. The number of fused-ring (bicyclic) bond motifs is 1. The van der Waals surface area contributed by atoms with Gasteiger partial charge in [0.05, 0.1) is 17.1 Å². The summed E-state index contributed by atoms with van der Waals surface area (Å²) in [7, 11) is 0. The Bertz CT molecular complexity index is 736. The van der Waals surface area contributed by atoms with Crippen LogP contribution in [0.25, 0.3) is 11.0 Å². The quantitative estimate of drug-likeness (QED) is 0.774. The summed E-state index contributed by atoms with van der Waals surface area (Å²) >= 11 is 5.94. The highest BCUT2D eigenvalue weighted by molar-refractivity contribution is 6.31. The molecule has 1 aromatic heterocycles. The van der Waals surface area contributed by atoms with E-state index in [2.05, 4.69) is 9.97 Å². The van der Waals surface area contributed by atoms with Gasteiger partial charge in [-0.2, -0.15) is 0 Å². The molecule has 5 heteroatoms. The molecule has 3 aromatic rings. The van der Waals surface area contributed by atoms with Crippen LogP contribution in [-0.2, 0) is 6.42 Å². The van der Waals surface area contributed by atoms with Crippen LogP contribution in [0.3, 0.4) is 0 Å². The topological polar surface area (TPSA) is 54.7 Å². The van der Waals surface area contributed by atoms with Gasteiger partial charge in [0, 0.05) is 5.02 Å². The van der Waals surface area contributed by atoms with Gasteiger partial charge in [-0.25, -0.2) is 9.37 Å². The van der Waals surface area contributed by atoms with Crippen molar-refractivity contribution in [3.05, 3.63) is 64.7 Å². The minimum Gasteiger partial charge on any atom is -0.341 e. The van der Waals surface area contributed by atoms with Crippen LogP contribution >= 0.6 is 11.6 Å². The molecule has 2 aromatic carbocycles. The van der Waals surface area contributed by atoms with E-state index in [0.717, 1.165) is 16.6 Å². The standard InChI is InChI=1S/C15H13ClFN3/c16-10-3-6-13-14(8-10)20-15(19-13)12(18)7-9-1-4-11(17)5-2-9/h1-6,8,12H,7,18H2,(H,19,20)/t12-/m0/s1. The summed E-state index contributed by atoms with van der Waals surface area (Å²) < 4.78 is 12.9. The normalized spacial score (nSPS) is 12.8. The van der Waals surface area contributed by atoms with Gasteiger partial charge in [-0.05, 0) is 42.3 Å². The highest BCUT2D eigenvalue weighted by Crippen LogP contribution is 2.21. The van der Waals surface area contributed by atoms with E-state index in [1.165, 1.54) is 12.1 Å². The van der Waals surface area contributed by atoms with Gasteiger partial charge < -0.3 is 10.7 Å². The number of nitrogens with zero attached hydrogens (tertiary/aromatic N) is 1. The summed E-state index contributed by atoms with van der Waals surface area (Å²) in [5.74, 6) is 0.451. The number of imidazole rings is 1. The van der Waals surface area contributed by atoms with Crippen LogP contribution in [0.4, 0.5) is 4.39 Å². The highest BCUT2D eigenvalue weighted by atomic mass is 35.5. The van der Waals surface area contributed by atoms with Crippen LogP contribution in [0.2, 0.25) is 5.02 Å². The SMILES string of the molecule is N[C@@H](Cc1ccc(F)cc1)c1nc2ccc(Cl)cc2[nH]1. The molecule has 0 spiro atoms. The fourth-order valence-electron chi connectivity index (χ4n) is 2.15. The van der Waals surface area contributed by atoms with E-state index in [0.29, 0.717) is 17.3 Å². The zero-order chi connectivity index (χ0) is 14.1. The van der Waals surface area contributed by atoms with Crippen molar-refractivity contribution in [3.63, 3.8) is 0 Å². The average molecular weight is 290 g/mol. The van der Waals surface area contributed by atoms with Crippen molar-refractivity contribution in [3.8, 4) is 0 Å². The lowest BCUT2D eigenvalue weighted by Gasteiger charge is -2.08. The molecule has 1 atom stereocenters. The zero-order valence-corrected chi connectivity index (χ0v) is 11.4. The molecule has 20 heavy (non-hydrogen) atoms. The zero-order valence-electron chi connectivity index (χ0n) is 10.6. The van der Waals surface area contributed by atoms with Gasteiger partial charge in [-0.15, -0.1) is 0 Å². The molecule has 3 N–H and O–H groups in total. The number of benzene rings is 2. The van der Waals surface area contributed by atoms with E-state index >= 15 is 0 Å². The fraction of sp³-hybridized carbons (Fsp3) is 0.133. The van der Waals surface area contributed by atoms with Crippen molar-refractivity contribution in [2.45, 2.75) is 12.5 Å². The first-order chi connectivity index (χ1) is 9.61. The Hall–Kier alpha value is -1.91. The first-order valence-electron chi connectivity index (χ1n) is 6.27. The second-order valence-corrected chi connectivity index (χ2v) is 5.16. The lowest BCUT2D eigenvalue weighted by atomic mass is 10.1. The summed E-state index contributed by atoms with van der Waals surface area (Å²) in [6.07, 6.45) is 0.591. The summed E-state index contributed by atoms with van der Waals surface area (Å²) in [5.41, 5.74) is 8.81. The molecule has 0 unspecified atom stereocenters. The molecular weight excluding hydrogens is 277 g/mol. The molecule has 3 rings (SSSR count). The van der Waals surface area contributed by atoms with Gasteiger partial charge in [-0.3, -0.25) is 0 Å². The van der Waals surface area contributed by atoms with Crippen molar-refractivity contribution in [2.24, 2.45) is 5.73 Å². The molecule has 0 radical (unpaired) electrons. The third-order valence-electron chi connectivity index (χ3n) is 3.18. The van der Waals surface area contributed by atoms with Gasteiger partial charge >= 0.3 is 0 Å². The Morgan fingerprint density at radius 2 is 1.95 bits per heavy atom. The van der Waals surface area contributed by atoms with E-state index in [1.54, 1.807) is 18.2 Å². The predicted octanol–water partition coefficient (Wildman–Crippen LogP) is 3.60. The van der Waals surface area contributed by atoms with Crippen LogP contribution in [-0.4, -0.2) is 9.97 Å². The Morgan fingerprint density at radius 1 is 1.20 bits per heavy atom. The smallest absolute Gasteiger partial charge is 0.124 e. The Balaban J connectivity index is 1.84. The molecule has 0 saturated carbocycles. The van der Waals surface area contributed by atoms with Crippen LogP contribution in [0.1, 0.15) is 17.4 Å². The molecular formula is C15H13ClFN3. The van der Waals surface area contributed by atoms with Crippen molar-refractivity contribution in [1.82, 2.24) is 9.97 Å². The summed E-state index contributed by atoms with van der Waals surface area (Å²) in [5, 5.41) is 0.653. The molecule has 0 aliphatic rings. The number of aromatic nitrogens is 2.